The van der Waals surface area contributed by atoms with Gasteiger partial charge >= 0.3 is 0 Å². The molecule has 148 valence electrons. The summed E-state index contributed by atoms with van der Waals surface area (Å²) in [7, 11) is 0. The summed E-state index contributed by atoms with van der Waals surface area (Å²) in [6.45, 7) is 4.08. The lowest BCUT2D eigenvalue weighted by atomic mass is 10.1. The number of piperazine rings is 1. The molecule has 29 heavy (non-hydrogen) atoms. The monoisotopic (exact) mass is 409 g/mol. The molecule has 0 spiro atoms. The molecule has 0 saturated carbocycles. The van der Waals surface area contributed by atoms with Gasteiger partial charge in [0.15, 0.2) is 5.82 Å². The van der Waals surface area contributed by atoms with E-state index < -0.39 is 4.92 Å². The van der Waals surface area contributed by atoms with Crippen LogP contribution in [0, 0.1) is 17.0 Å². The van der Waals surface area contributed by atoms with E-state index in [0.717, 1.165) is 16.4 Å². The minimum atomic E-state index is -0.437. The Balaban J connectivity index is 1.39. The molecule has 0 aliphatic carbocycles. The first-order chi connectivity index (χ1) is 14.0. The van der Waals surface area contributed by atoms with Crippen LogP contribution in [0.15, 0.2) is 47.8 Å². The number of aromatic nitrogens is 2. The molecule has 1 saturated heterocycles. The van der Waals surface area contributed by atoms with Crippen molar-refractivity contribution >= 4 is 28.7 Å². The Bertz CT molecular complexity index is 1030. The van der Waals surface area contributed by atoms with Crippen molar-refractivity contribution in [3.05, 3.63) is 69.1 Å². The van der Waals surface area contributed by atoms with Crippen LogP contribution in [-0.2, 0) is 0 Å². The third-order valence-electron chi connectivity index (χ3n) is 4.96. The van der Waals surface area contributed by atoms with Gasteiger partial charge in [-0.05, 0) is 42.6 Å². The predicted octanol–water partition coefficient (Wildman–Crippen LogP) is 3.38. The zero-order valence-corrected chi connectivity index (χ0v) is 16.6. The van der Waals surface area contributed by atoms with Crippen LogP contribution in [0.5, 0.6) is 0 Å². The van der Waals surface area contributed by atoms with E-state index in [4.69, 9.17) is 0 Å². The van der Waals surface area contributed by atoms with Gasteiger partial charge in [-0.25, -0.2) is 0 Å². The van der Waals surface area contributed by atoms with E-state index in [1.807, 2.05) is 29.6 Å². The first-order valence-corrected chi connectivity index (χ1v) is 10.1. The highest BCUT2D eigenvalue weighted by Gasteiger charge is 2.24. The standard InChI is InChI=1S/C20H19N5O3S/c1-14-13-15(4-6-17(14)25(27)28)20(26)24-10-8-23(9-11-24)19-7-5-16(21-22-19)18-3-2-12-29-18/h2-7,12-13H,8-11H2,1H3. The maximum atomic E-state index is 12.8. The van der Waals surface area contributed by atoms with Gasteiger partial charge in [-0.3, -0.25) is 14.9 Å². The first kappa shape index (κ1) is 19.0. The first-order valence-electron chi connectivity index (χ1n) is 9.20. The molecule has 1 fully saturated rings. The fourth-order valence-electron chi connectivity index (χ4n) is 3.36. The van der Waals surface area contributed by atoms with Gasteiger partial charge in [0.25, 0.3) is 11.6 Å². The molecule has 2 aromatic heterocycles. The number of nitro benzene ring substituents is 1. The van der Waals surface area contributed by atoms with Gasteiger partial charge in [-0.1, -0.05) is 6.07 Å². The van der Waals surface area contributed by atoms with Crippen LogP contribution in [0.2, 0.25) is 0 Å². The largest absolute Gasteiger partial charge is 0.352 e. The Morgan fingerprint density at radius 1 is 1.10 bits per heavy atom. The highest BCUT2D eigenvalue weighted by Crippen LogP contribution is 2.24. The second kappa shape index (κ2) is 7.96. The van der Waals surface area contributed by atoms with Gasteiger partial charge in [0.1, 0.15) is 5.69 Å². The molecule has 0 unspecified atom stereocenters. The van der Waals surface area contributed by atoms with E-state index in [2.05, 4.69) is 15.1 Å². The summed E-state index contributed by atoms with van der Waals surface area (Å²) in [4.78, 5) is 28.2. The molecule has 3 heterocycles. The molecule has 1 amide bonds. The molecule has 3 aromatic rings. The number of amides is 1. The van der Waals surface area contributed by atoms with E-state index in [1.54, 1.807) is 29.2 Å². The van der Waals surface area contributed by atoms with E-state index >= 15 is 0 Å². The maximum Gasteiger partial charge on any atom is 0.272 e. The second-order valence-corrected chi connectivity index (χ2v) is 7.74. The number of nitrogens with zero attached hydrogens (tertiary/aromatic N) is 5. The highest BCUT2D eigenvalue weighted by atomic mass is 32.1. The second-order valence-electron chi connectivity index (χ2n) is 6.79. The SMILES string of the molecule is Cc1cc(C(=O)N2CCN(c3ccc(-c4cccs4)nn3)CC2)ccc1[N+](=O)[O-]. The van der Waals surface area contributed by atoms with Crippen molar-refractivity contribution in [1.29, 1.82) is 0 Å². The van der Waals surface area contributed by atoms with Crippen molar-refractivity contribution in [2.24, 2.45) is 0 Å². The molecule has 8 nitrogen and oxygen atoms in total. The number of nitro groups is 1. The Morgan fingerprint density at radius 2 is 1.90 bits per heavy atom. The summed E-state index contributed by atoms with van der Waals surface area (Å²) in [5.74, 6) is 0.686. The molecule has 0 N–H and O–H groups in total. The topological polar surface area (TPSA) is 92.5 Å². The number of aryl methyl sites for hydroxylation is 1. The minimum Gasteiger partial charge on any atom is -0.352 e. The molecule has 1 aliphatic rings. The normalized spacial score (nSPS) is 14.1. The molecule has 4 rings (SSSR count). The number of rotatable bonds is 4. The third-order valence-corrected chi connectivity index (χ3v) is 5.85. The smallest absolute Gasteiger partial charge is 0.272 e. The molecule has 0 atom stereocenters. The summed E-state index contributed by atoms with van der Waals surface area (Å²) < 4.78 is 0. The summed E-state index contributed by atoms with van der Waals surface area (Å²) >= 11 is 1.62. The zero-order valence-electron chi connectivity index (χ0n) is 15.8. The van der Waals surface area contributed by atoms with E-state index in [-0.39, 0.29) is 11.6 Å². The summed E-state index contributed by atoms with van der Waals surface area (Å²) in [5.41, 5.74) is 1.84. The molecule has 1 aliphatic heterocycles. The van der Waals surface area contributed by atoms with Crippen molar-refractivity contribution in [1.82, 2.24) is 15.1 Å². The molecule has 9 heteroatoms. The van der Waals surface area contributed by atoms with Gasteiger partial charge < -0.3 is 9.80 Å². The molecule has 0 radical (unpaired) electrons. The fraction of sp³-hybridized carbons (Fsp3) is 0.250. The van der Waals surface area contributed by atoms with Crippen molar-refractivity contribution in [2.75, 3.05) is 31.1 Å². The van der Waals surface area contributed by atoms with Gasteiger partial charge in [-0.2, -0.15) is 0 Å². The molecular weight excluding hydrogens is 390 g/mol. The summed E-state index contributed by atoms with van der Waals surface area (Å²) in [6, 6.07) is 12.4. The lowest BCUT2D eigenvalue weighted by Crippen LogP contribution is -2.49. The average Bonchev–Trinajstić information content (AvgIpc) is 3.28. The van der Waals surface area contributed by atoms with Crippen LogP contribution in [0.25, 0.3) is 10.6 Å². The molecular formula is C20H19N5O3S. The lowest BCUT2D eigenvalue weighted by molar-refractivity contribution is -0.385. The summed E-state index contributed by atoms with van der Waals surface area (Å²) in [6.07, 6.45) is 0. The minimum absolute atomic E-state index is 0.0240. The van der Waals surface area contributed by atoms with Crippen LogP contribution in [0.3, 0.4) is 0 Å². The van der Waals surface area contributed by atoms with Crippen molar-refractivity contribution < 1.29 is 9.72 Å². The van der Waals surface area contributed by atoms with Gasteiger partial charge in [-0.15, -0.1) is 21.5 Å². The van der Waals surface area contributed by atoms with E-state index in [1.165, 1.54) is 12.1 Å². The van der Waals surface area contributed by atoms with Gasteiger partial charge in [0, 0.05) is 43.4 Å². The van der Waals surface area contributed by atoms with Crippen LogP contribution < -0.4 is 4.90 Å². The fourth-order valence-corrected chi connectivity index (χ4v) is 4.05. The van der Waals surface area contributed by atoms with Crippen LogP contribution in [0.1, 0.15) is 15.9 Å². The maximum absolute atomic E-state index is 12.8. The zero-order chi connectivity index (χ0) is 20.4. The van der Waals surface area contributed by atoms with Gasteiger partial charge in [0.2, 0.25) is 0 Å². The van der Waals surface area contributed by atoms with Gasteiger partial charge in [0.05, 0.1) is 9.80 Å². The van der Waals surface area contributed by atoms with Crippen LogP contribution in [-0.4, -0.2) is 52.1 Å². The Hall–Kier alpha value is -3.33. The van der Waals surface area contributed by atoms with Crippen LogP contribution in [0.4, 0.5) is 11.5 Å². The van der Waals surface area contributed by atoms with E-state index in [0.29, 0.717) is 37.3 Å². The molecule has 0 bridgehead atoms. The predicted molar refractivity (Wildman–Crippen MR) is 111 cm³/mol. The molecule has 1 aromatic carbocycles. The Morgan fingerprint density at radius 3 is 2.48 bits per heavy atom. The van der Waals surface area contributed by atoms with Crippen molar-refractivity contribution in [3.8, 4) is 10.6 Å². The summed E-state index contributed by atoms with van der Waals surface area (Å²) in [5, 5.41) is 21.6. The lowest BCUT2D eigenvalue weighted by Gasteiger charge is -2.35. The number of benzene rings is 1. The Labute approximate surface area is 171 Å². The quantitative estimate of drug-likeness (QED) is 0.484. The third kappa shape index (κ3) is 3.95. The number of hydrogen-bond donors (Lipinski definition) is 0. The number of anilines is 1. The van der Waals surface area contributed by atoms with E-state index in [9.17, 15) is 14.9 Å². The number of hydrogen-bond acceptors (Lipinski definition) is 7. The van der Waals surface area contributed by atoms with Crippen molar-refractivity contribution in [3.63, 3.8) is 0 Å². The average molecular weight is 409 g/mol. The number of carbonyl (C=O) groups is 1. The number of thiophene rings is 1. The Kier molecular flexibility index (Phi) is 5.22. The van der Waals surface area contributed by atoms with Crippen molar-refractivity contribution in [2.45, 2.75) is 6.92 Å². The number of carbonyl (C=O) groups excluding carboxylic acids is 1. The van der Waals surface area contributed by atoms with Crippen LogP contribution >= 0.6 is 11.3 Å². The highest BCUT2D eigenvalue weighted by molar-refractivity contribution is 7.13.